The zero-order chi connectivity index (χ0) is 86.7. The number of furan rings is 1. The summed E-state index contributed by atoms with van der Waals surface area (Å²) in [6.07, 6.45) is 0. The minimum atomic E-state index is 0. The largest absolute Gasteiger partial charge is 0.467 e. The van der Waals surface area contributed by atoms with Gasteiger partial charge in [0.05, 0.1) is 0 Å². The van der Waals surface area contributed by atoms with E-state index in [0.717, 1.165) is 67.2 Å². The van der Waals surface area contributed by atoms with Crippen molar-refractivity contribution < 1.29 is 135 Å². The van der Waals surface area contributed by atoms with Gasteiger partial charge in [-0.15, -0.1) is 86.2 Å². The van der Waals surface area contributed by atoms with E-state index in [-0.39, 0.29) is 131 Å². The van der Waals surface area contributed by atoms with E-state index in [1.165, 1.54) is 86.6 Å². The van der Waals surface area contributed by atoms with Gasteiger partial charge < -0.3 is 4.42 Å². The number of hydrogen-bond donors (Lipinski definition) is 0. The molecule has 0 aliphatic rings. The molecule has 0 spiro atoms. The SMILES string of the molecule is CC.CC.CC.CC.CC.CC.CC.CC.CC.CC.CC.CC.Cc1[c-]c(-c2[c-]c(C)ccc2)ccc1.Cc1c[c-]c(-c2[c-]cc(C)cc2)cc1.Cc1c[c-]c(-c2[c-]ccc(C)c2)cc1.Cc1cc[c-]c(-c2[c-]ccc(C)c2)c1.Cc1ccc(C)o1.Cc1ccc(C)s1.Cc1ccc2ccc3c(C)ccc4ccc1c2c43.[Y].[Y].[Y].[Y]. The van der Waals surface area contributed by atoms with Crippen molar-refractivity contribution in [3.63, 3.8) is 0 Å². The number of benzene rings is 12. The summed E-state index contributed by atoms with van der Waals surface area (Å²) in [5, 5.41) is 8.31. The van der Waals surface area contributed by atoms with Crippen LogP contribution in [0.4, 0.5) is 0 Å². The summed E-state index contributed by atoms with van der Waals surface area (Å²) in [7, 11) is 0. The van der Waals surface area contributed by atoms with Crippen molar-refractivity contribution in [2.24, 2.45) is 0 Å². The van der Waals surface area contributed by atoms with Gasteiger partial charge in [0.25, 0.3) is 0 Å². The Morgan fingerprint density at radius 2 is 0.500 bits per heavy atom. The van der Waals surface area contributed by atoms with Gasteiger partial charge in [-0.25, -0.2) is 44.5 Å². The molecule has 0 fully saturated rings. The third-order valence-corrected chi connectivity index (χ3v) is 15.6. The standard InChI is InChI=1S/C18H14.4C14H12.C6H8O.C6H8S.12C2H6.4Y/c1-11-3-5-13-8-10-16-12(2)4-6-14-7-9-15(11)17(13)18(14)16;1-11-3-7-13(8-4-11)14-9-5-12(2)6-10-14;2*1-11-5-3-7-13(9-11)14-8-4-6-12(2)10-14;1-11-6-8-13(9-7-11)14-5-3-4-12(2)10-14;2*1-5-3-4-6(2)7-5;12*1-2;;;;/h3-10H,1-2H3;3-7,9H,1-2H3;3-6,9-10H,1-2H3;3-8H,1-2H3;3-4,6-8,10H,1-2H3;2*3-4H,1-2H3;12*1-2H3;;;;/q;4*-2;;;;;;;;;;;;;;;;;;. The second-order valence-electron chi connectivity index (χ2n) is 22.7. The molecule has 14 aromatic rings. The molecule has 4 radical (unpaired) electrons. The molecule has 0 saturated heterocycles. The van der Waals surface area contributed by atoms with Crippen LogP contribution < -0.4 is 0 Å². The van der Waals surface area contributed by atoms with Gasteiger partial charge in [0, 0.05) is 141 Å². The molecule has 0 atom stereocenters. The molecule has 0 aliphatic heterocycles. The van der Waals surface area contributed by atoms with E-state index < -0.39 is 0 Å². The quantitative estimate of drug-likeness (QED) is 0.126. The zero-order valence-electron chi connectivity index (χ0n) is 79.9. The van der Waals surface area contributed by atoms with Gasteiger partial charge in [-0.2, -0.15) is 164 Å². The number of hydrogen-bond acceptors (Lipinski definition) is 2. The molecular weight excluding hydrogens is 1720 g/mol. The van der Waals surface area contributed by atoms with Crippen LogP contribution in [0.1, 0.15) is 243 Å². The molecule has 0 aliphatic carbocycles. The summed E-state index contributed by atoms with van der Waals surface area (Å²) in [6, 6.07) is 101. The first kappa shape index (κ1) is 129. The number of thiophene rings is 1. The van der Waals surface area contributed by atoms with Crippen molar-refractivity contribution in [1.29, 1.82) is 0 Å². The fourth-order valence-corrected chi connectivity index (χ4v) is 10.7. The maximum Gasteiger partial charge on any atom is 0.101 e. The van der Waals surface area contributed by atoms with Gasteiger partial charge in [-0.3, -0.25) is 0 Å². The second kappa shape index (κ2) is 83.7. The summed E-state index contributed by atoms with van der Waals surface area (Å²) in [6.45, 7) is 77.1. The summed E-state index contributed by atoms with van der Waals surface area (Å²) in [5.41, 5.74) is 21.4. The van der Waals surface area contributed by atoms with Crippen LogP contribution in [0.25, 0.3) is 76.8 Å². The minimum absolute atomic E-state index is 0. The topological polar surface area (TPSA) is 13.1 Å². The van der Waals surface area contributed by atoms with Crippen molar-refractivity contribution in [3.8, 4) is 44.5 Å². The van der Waals surface area contributed by atoms with Gasteiger partial charge >= 0.3 is 0 Å². The van der Waals surface area contributed by atoms with Crippen LogP contribution in [-0.2, 0) is 131 Å². The first-order chi connectivity index (χ1) is 54.3. The fraction of sp³-hybridized carbons (Fsp3) is 0.345. The van der Waals surface area contributed by atoms with E-state index >= 15 is 0 Å². The summed E-state index contributed by atoms with van der Waals surface area (Å²) >= 11 is 1.84. The fourth-order valence-electron chi connectivity index (χ4n) is 9.91. The van der Waals surface area contributed by atoms with Crippen LogP contribution in [0.3, 0.4) is 0 Å². The summed E-state index contributed by atoms with van der Waals surface area (Å²) < 4.78 is 5.08. The van der Waals surface area contributed by atoms with E-state index in [1.54, 1.807) is 0 Å². The number of aryl methyl sites for hydroxylation is 14. The zero-order valence-corrected chi connectivity index (χ0v) is 92.1. The van der Waals surface area contributed by atoms with E-state index in [1.807, 2.05) is 240 Å². The van der Waals surface area contributed by atoms with Crippen molar-refractivity contribution in [3.05, 3.63) is 344 Å². The predicted octanol–water partition coefficient (Wildman–Crippen LogP) is 36.0. The Bertz CT molecular complexity index is 4110. The van der Waals surface area contributed by atoms with Crippen molar-refractivity contribution in [1.82, 2.24) is 0 Å². The molecule has 622 valence electrons. The third-order valence-electron chi connectivity index (χ3n) is 14.7. The van der Waals surface area contributed by atoms with E-state index in [0.29, 0.717) is 0 Å². The van der Waals surface area contributed by atoms with Gasteiger partial charge in [0.2, 0.25) is 0 Å². The van der Waals surface area contributed by atoms with Crippen molar-refractivity contribution >= 4 is 43.7 Å². The van der Waals surface area contributed by atoms with E-state index in [4.69, 9.17) is 4.42 Å². The summed E-state index contributed by atoms with van der Waals surface area (Å²) in [5.74, 6) is 1.97. The van der Waals surface area contributed by atoms with E-state index in [9.17, 15) is 0 Å². The monoisotopic (exact) mass is 1870 g/mol. The Hall–Kier alpha value is -4.92. The predicted molar refractivity (Wildman–Crippen MR) is 514 cm³/mol. The van der Waals surface area contributed by atoms with Crippen LogP contribution in [0.5, 0.6) is 0 Å². The molecule has 0 bridgehead atoms. The maximum atomic E-state index is 5.08. The molecule has 0 saturated carbocycles. The summed E-state index contributed by atoms with van der Waals surface area (Å²) in [4.78, 5) is 2.80. The van der Waals surface area contributed by atoms with Crippen LogP contribution in [0, 0.1) is 145 Å². The van der Waals surface area contributed by atoms with Crippen LogP contribution >= 0.6 is 11.3 Å². The van der Waals surface area contributed by atoms with Crippen molar-refractivity contribution in [2.75, 3.05) is 0 Å². The average molecular weight is 1880 g/mol. The molecule has 12 aromatic carbocycles. The van der Waals surface area contributed by atoms with Crippen molar-refractivity contribution in [2.45, 2.75) is 263 Å². The minimum Gasteiger partial charge on any atom is -0.467 e. The molecule has 0 unspecified atom stereocenters. The molecule has 0 amide bonds. The van der Waals surface area contributed by atoms with Crippen LogP contribution in [0.15, 0.2) is 223 Å². The molecule has 2 aromatic heterocycles. The molecule has 2 heterocycles. The van der Waals surface area contributed by atoms with Crippen LogP contribution in [-0.4, -0.2) is 0 Å². The first-order valence-electron chi connectivity index (χ1n) is 41.9. The molecule has 0 N–H and O–H groups in total. The van der Waals surface area contributed by atoms with E-state index in [2.05, 4.69) is 301 Å². The Balaban J connectivity index is -0.000000158. The molecule has 1 nitrogen and oxygen atoms in total. The molecule has 116 heavy (non-hydrogen) atoms. The normalized spacial score (nSPS) is 8.50. The Morgan fingerprint density at radius 1 is 0.233 bits per heavy atom. The molecular formula is C110H150OSY4-8. The molecule has 14 rings (SSSR count). The smallest absolute Gasteiger partial charge is 0.101 e. The van der Waals surface area contributed by atoms with Gasteiger partial charge in [0.1, 0.15) is 11.5 Å². The Morgan fingerprint density at radius 3 is 0.724 bits per heavy atom. The Labute approximate surface area is 820 Å². The first-order valence-corrected chi connectivity index (χ1v) is 42.8. The Kier molecular flexibility index (Phi) is 93.2. The van der Waals surface area contributed by atoms with Crippen LogP contribution in [0.2, 0.25) is 0 Å². The van der Waals surface area contributed by atoms with Gasteiger partial charge in [-0.05, 0) is 109 Å². The molecule has 6 heteroatoms. The number of rotatable bonds is 4. The maximum absolute atomic E-state index is 5.08. The van der Waals surface area contributed by atoms with Gasteiger partial charge in [0.15, 0.2) is 0 Å². The average Bonchev–Trinajstić information content (AvgIpc) is 0.847. The second-order valence-corrected chi connectivity index (χ2v) is 24.2. The van der Waals surface area contributed by atoms with Gasteiger partial charge in [-0.1, -0.05) is 270 Å². The third kappa shape index (κ3) is 51.6.